The Morgan fingerprint density at radius 2 is 2.40 bits per heavy atom. The van der Waals surface area contributed by atoms with Crippen molar-refractivity contribution >= 4 is 35.3 Å². The summed E-state index contributed by atoms with van der Waals surface area (Å²) in [6, 6.07) is 2.43. The van der Waals surface area contributed by atoms with Crippen LogP contribution in [0.25, 0.3) is 0 Å². The summed E-state index contributed by atoms with van der Waals surface area (Å²) in [5.74, 6) is 1.11. The van der Waals surface area contributed by atoms with Crippen LogP contribution in [0.1, 0.15) is 17.4 Å². The van der Waals surface area contributed by atoms with Gasteiger partial charge in [0.15, 0.2) is 0 Å². The van der Waals surface area contributed by atoms with Gasteiger partial charge >= 0.3 is 0 Å². The minimum atomic E-state index is 0. The predicted molar refractivity (Wildman–Crippen MR) is 85.8 cm³/mol. The van der Waals surface area contributed by atoms with Crippen LogP contribution in [0, 0.1) is 0 Å². The molecule has 3 rings (SSSR count). The van der Waals surface area contributed by atoms with Crippen LogP contribution in [-0.4, -0.2) is 34.1 Å². The summed E-state index contributed by atoms with van der Waals surface area (Å²) in [4.78, 5) is 6.94. The van der Waals surface area contributed by atoms with Crippen LogP contribution in [0.5, 0.6) is 0 Å². The fourth-order valence-corrected chi connectivity index (χ4v) is 3.45. The molecule has 2 aromatic heterocycles. The molecule has 1 fully saturated rings. The van der Waals surface area contributed by atoms with E-state index in [1.54, 1.807) is 11.3 Å². The Morgan fingerprint density at radius 1 is 1.55 bits per heavy atom. The molecule has 1 atom stereocenters. The highest BCUT2D eigenvalue weighted by atomic mass is 35.5. The monoisotopic (exact) mass is 332 g/mol. The molecule has 0 aliphatic carbocycles. The molecule has 20 heavy (non-hydrogen) atoms. The number of halogens is 2. The van der Waals surface area contributed by atoms with E-state index in [1.807, 2.05) is 19.4 Å². The van der Waals surface area contributed by atoms with Gasteiger partial charge in [0.2, 0.25) is 0 Å². The number of hydrogen-bond acceptors (Lipinski definition) is 4. The van der Waals surface area contributed by atoms with Crippen molar-refractivity contribution in [3.63, 3.8) is 0 Å². The topological polar surface area (TPSA) is 33.1 Å². The molecular weight excluding hydrogens is 315 g/mol. The lowest BCUT2D eigenvalue weighted by molar-refractivity contribution is 0.145. The summed E-state index contributed by atoms with van der Waals surface area (Å²) in [7, 11) is 2.05. The molecule has 0 saturated carbocycles. The Balaban J connectivity index is 0.00000147. The number of imidazole rings is 1. The summed E-state index contributed by atoms with van der Waals surface area (Å²) < 4.78 is 3.00. The fraction of sp³-hybridized carbons (Fsp3) is 0.462. The number of aryl methyl sites for hydroxylation is 1. The largest absolute Gasteiger partial charge is 0.337 e. The number of rotatable bonds is 3. The molecule has 0 aromatic carbocycles. The lowest BCUT2D eigenvalue weighted by Gasteiger charge is -2.35. The first-order chi connectivity index (χ1) is 9.25. The van der Waals surface area contributed by atoms with Crippen LogP contribution in [0.3, 0.4) is 0 Å². The maximum absolute atomic E-state index is 6.22. The second kappa shape index (κ2) is 6.91. The van der Waals surface area contributed by atoms with E-state index in [2.05, 4.69) is 31.2 Å². The van der Waals surface area contributed by atoms with Crippen molar-refractivity contribution in [2.24, 2.45) is 7.05 Å². The molecule has 3 heterocycles. The molecule has 1 aliphatic heterocycles. The molecule has 1 unspecified atom stereocenters. The van der Waals surface area contributed by atoms with Gasteiger partial charge in [-0.05, 0) is 17.0 Å². The molecule has 0 spiro atoms. The molecule has 1 saturated heterocycles. The highest BCUT2D eigenvalue weighted by Crippen LogP contribution is 2.28. The van der Waals surface area contributed by atoms with Gasteiger partial charge in [-0.25, -0.2) is 4.98 Å². The lowest BCUT2D eigenvalue weighted by Crippen LogP contribution is -2.46. The van der Waals surface area contributed by atoms with Crippen molar-refractivity contribution in [3.05, 3.63) is 39.6 Å². The van der Waals surface area contributed by atoms with Crippen LogP contribution in [-0.2, 0) is 13.6 Å². The van der Waals surface area contributed by atoms with E-state index in [0.29, 0.717) is 6.04 Å². The van der Waals surface area contributed by atoms with Gasteiger partial charge in [0.25, 0.3) is 0 Å². The first-order valence-corrected chi connectivity index (χ1v) is 7.65. The van der Waals surface area contributed by atoms with Gasteiger partial charge in [-0.3, -0.25) is 4.90 Å². The number of piperazine rings is 1. The quantitative estimate of drug-likeness (QED) is 0.938. The van der Waals surface area contributed by atoms with Crippen LogP contribution in [0.15, 0.2) is 23.8 Å². The van der Waals surface area contributed by atoms with E-state index < -0.39 is 0 Å². The van der Waals surface area contributed by atoms with Gasteiger partial charge in [-0.2, -0.15) is 0 Å². The van der Waals surface area contributed by atoms with Crippen molar-refractivity contribution in [3.8, 4) is 0 Å². The molecule has 1 aliphatic rings. The highest BCUT2D eigenvalue weighted by molar-refractivity contribution is 7.14. The summed E-state index contributed by atoms with van der Waals surface area (Å²) in [5.41, 5.74) is 1.22. The second-order valence-corrected chi connectivity index (χ2v) is 6.32. The zero-order valence-electron chi connectivity index (χ0n) is 11.3. The van der Waals surface area contributed by atoms with Crippen LogP contribution >= 0.6 is 35.3 Å². The van der Waals surface area contributed by atoms with Gasteiger partial charge in [0.1, 0.15) is 5.82 Å². The standard InChI is InChI=1S/C13H17ClN4S.ClH/c1-17-5-4-16-13(17)11-8-15-3-6-18(11)9-10-2-7-19-12(10)14;/h2,4-5,7,11,15H,3,6,8-9H2,1H3;1H. The lowest BCUT2D eigenvalue weighted by atomic mass is 10.1. The molecule has 0 radical (unpaired) electrons. The van der Waals surface area contributed by atoms with Crippen LogP contribution < -0.4 is 5.32 Å². The van der Waals surface area contributed by atoms with E-state index in [9.17, 15) is 0 Å². The first kappa shape index (κ1) is 15.8. The number of hydrogen-bond donors (Lipinski definition) is 1. The zero-order valence-corrected chi connectivity index (χ0v) is 13.6. The Bertz CT molecular complexity index is 554. The molecule has 0 amide bonds. The third kappa shape index (κ3) is 3.18. The van der Waals surface area contributed by atoms with E-state index in [4.69, 9.17) is 11.6 Å². The average Bonchev–Trinajstić information content (AvgIpc) is 3.00. The molecule has 4 nitrogen and oxygen atoms in total. The van der Waals surface area contributed by atoms with Crippen LogP contribution in [0.4, 0.5) is 0 Å². The third-order valence-electron chi connectivity index (χ3n) is 3.58. The van der Waals surface area contributed by atoms with Crippen molar-refractivity contribution < 1.29 is 0 Å². The molecule has 1 N–H and O–H groups in total. The number of thiophene rings is 1. The smallest absolute Gasteiger partial charge is 0.127 e. The van der Waals surface area contributed by atoms with Crippen molar-refractivity contribution in [1.29, 1.82) is 0 Å². The number of nitrogens with zero attached hydrogens (tertiary/aromatic N) is 3. The van der Waals surface area contributed by atoms with Gasteiger partial charge < -0.3 is 9.88 Å². The molecular formula is C13H18Cl2N4S. The molecule has 0 bridgehead atoms. The summed E-state index contributed by atoms with van der Waals surface area (Å²) in [5, 5.41) is 5.50. The first-order valence-electron chi connectivity index (χ1n) is 6.39. The maximum atomic E-state index is 6.22. The maximum Gasteiger partial charge on any atom is 0.127 e. The Hall–Kier alpha value is -0.590. The Morgan fingerprint density at radius 3 is 3.05 bits per heavy atom. The minimum Gasteiger partial charge on any atom is -0.337 e. The van der Waals surface area contributed by atoms with Gasteiger partial charge in [-0.1, -0.05) is 11.6 Å². The second-order valence-electron chi connectivity index (χ2n) is 4.81. The predicted octanol–water partition coefficient (Wildman–Crippen LogP) is 2.70. The van der Waals surface area contributed by atoms with Crippen molar-refractivity contribution in [2.45, 2.75) is 12.6 Å². The minimum absolute atomic E-state index is 0. The van der Waals surface area contributed by atoms with Gasteiger partial charge in [0, 0.05) is 45.6 Å². The Labute approximate surface area is 134 Å². The van der Waals surface area contributed by atoms with Gasteiger partial charge in [-0.15, -0.1) is 23.7 Å². The van der Waals surface area contributed by atoms with Crippen molar-refractivity contribution in [1.82, 2.24) is 19.8 Å². The number of nitrogens with one attached hydrogen (secondary N) is 1. The Kier molecular flexibility index (Phi) is 5.46. The molecule has 110 valence electrons. The normalized spacial score (nSPS) is 19.8. The molecule has 7 heteroatoms. The van der Waals surface area contributed by atoms with E-state index in [-0.39, 0.29) is 12.4 Å². The highest BCUT2D eigenvalue weighted by Gasteiger charge is 2.27. The zero-order chi connectivity index (χ0) is 13.2. The number of aromatic nitrogens is 2. The summed E-state index contributed by atoms with van der Waals surface area (Å²) in [6.07, 6.45) is 3.86. The average molecular weight is 333 g/mol. The van der Waals surface area contributed by atoms with Gasteiger partial charge in [0.05, 0.1) is 10.4 Å². The SMILES string of the molecule is Cl.Cn1ccnc1C1CNCCN1Cc1ccsc1Cl. The van der Waals surface area contributed by atoms with E-state index in [0.717, 1.165) is 36.3 Å². The van der Waals surface area contributed by atoms with Crippen molar-refractivity contribution in [2.75, 3.05) is 19.6 Å². The fourth-order valence-electron chi connectivity index (χ4n) is 2.54. The third-order valence-corrected chi connectivity index (χ3v) is 4.83. The molecule has 2 aromatic rings. The van der Waals surface area contributed by atoms with E-state index >= 15 is 0 Å². The summed E-state index contributed by atoms with van der Waals surface area (Å²) >= 11 is 7.82. The van der Waals surface area contributed by atoms with E-state index in [1.165, 1.54) is 5.56 Å². The summed E-state index contributed by atoms with van der Waals surface area (Å²) in [6.45, 7) is 3.86. The van der Waals surface area contributed by atoms with Crippen LogP contribution in [0.2, 0.25) is 4.34 Å².